The lowest BCUT2D eigenvalue weighted by Gasteiger charge is -1.99. The summed E-state index contributed by atoms with van der Waals surface area (Å²) in [7, 11) is 0. The second-order valence-corrected chi connectivity index (χ2v) is 3.32. The van der Waals surface area contributed by atoms with Crippen LogP contribution in [0.1, 0.15) is 28.0 Å². The maximum Gasteiger partial charge on any atom is 0.374 e. The molecule has 6 nitrogen and oxygen atoms in total. The number of amides is 1. The average molecular weight is 249 g/mol. The third-order valence-electron chi connectivity index (χ3n) is 2.06. The van der Waals surface area contributed by atoms with Crippen LogP contribution in [0.15, 0.2) is 39.4 Å². The van der Waals surface area contributed by atoms with Crippen LogP contribution in [-0.4, -0.2) is 18.5 Å². The zero-order valence-electron chi connectivity index (χ0n) is 9.64. The Labute approximate surface area is 103 Å². The van der Waals surface area contributed by atoms with Gasteiger partial charge in [0, 0.05) is 6.07 Å². The lowest BCUT2D eigenvalue weighted by molar-refractivity contribution is 0.0490. The lowest BCUT2D eigenvalue weighted by atomic mass is 10.4. The van der Waals surface area contributed by atoms with Gasteiger partial charge in [-0.2, -0.15) is 0 Å². The molecule has 0 aliphatic rings. The van der Waals surface area contributed by atoms with Gasteiger partial charge in [-0.25, -0.2) is 4.79 Å². The maximum atomic E-state index is 11.6. The third-order valence-corrected chi connectivity index (χ3v) is 2.06. The third kappa shape index (κ3) is 2.60. The van der Waals surface area contributed by atoms with Gasteiger partial charge in [0.05, 0.1) is 12.9 Å². The molecule has 2 aromatic heterocycles. The highest BCUT2D eigenvalue weighted by Gasteiger charge is 2.15. The van der Waals surface area contributed by atoms with Gasteiger partial charge < -0.3 is 13.6 Å². The SMILES string of the molecule is CCOC(=O)c1ccc(NC(=O)c2ccco2)o1. The molecule has 0 aliphatic heterocycles. The van der Waals surface area contributed by atoms with Gasteiger partial charge in [-0.1, -0.05) is 0 Å². The summed E-state index contributed by atoms with van der Waals surface area (Å²) in [6, 6.07) is 6.01. The van der Waals surface area contributed by atoms with Crippen LogP contribution in [0.4, 0.5) is 5.88 Å². The van der Waals surface area contributed by atoms with Crippen LogP contribution in [0.2, 0.25) is 0 Å². The van der Waals surface area contributed by atoms with E-state index in [1.165, 1.54) is 24.5 Å². The molecular formula is C12H11NO5. The highest BCUT2D eigenvalue weighted by molar-refractivity contribution is 6.01. The van der Waals surface area contributed by atoms with Gasteiger partial charge in [0.2, 0.25) is 11.6 Å². The van der Waals surface area contributed by atoms with Crippen LogP contribution in [0.25, 0.3) is 0 Å². The predicted octanol–water partition coefficient (Wildman–Crippen LogP) is 2.30. The maximum absolute atomic E-state index is 11.6. The van der Waals surface area contributed by atoms with Gasteiger partial charge >= 0.3 is 5.97 Å². The normalized spacial score (nSPS) is 10.1. The molecule has 0 atom stereocenters. The Kier molecular flexibility index (Phi) is 3.47. The minimum atomic E-state index is -0.573. The molecule has 6 heteroatoms. The molecule has 94 valence electrons. The standard InChI is InChI=1S/C12H11NO5/c1-2-16-12(15)9-5-6-10(18-9)13-11(14)8-4-3-7-17-8/h3-7H,2H2,1H3,(H,13,14). The molecule has 0 radical (unpaired) electrons. The van der Waals surface area contributed by atoms with Gasteiger partial charge in [-0.3, -0.25) is 10.1 Å². The van der Waals surface area contributed by atoms with E-state index >= 15 is 0 Å². The van der Waals surface area contributed by atoms with Crippen molar-refractivity contribution >= 4 is 17.8 Å². The Balaban J connectivity index is 2.03. The molecular weight excluding hydrogens is 238 g/mol. The number of hydrogen-bond donors (Lipinski definition) is 1. The van der Waals surface area contributed by atoms with E-state index in [9.17, 15) is 9.59 Å². The van der Waals surface area contributed by atoms with Crippen molar-refractivity contribution in [1.29, 1.82) is 0 Å². The first kappa shape index (κ1) is 12.0. The summed E-state index contributed by atoms with van der Waals surface area (Å²) in [5, 5.41) is 2.45. The van der Waals surface area contributed by atoms with E-state index in [1.807, 2.05) is 0 Å². The van der Waals surface area contributed by atoms with Crippen molar-refractivity contribution in [2.24, 2.45) is 0 Å². The van der Waals surface area contributed by atoms with E-state index in [-0.39, 0.29) is 24.0 Å². The first-order valence-corrected chi connectivity index (χ1v) is 5.32. The van der Waals surface area contributed by atoms with Gasteiger partial charge in [-0.15, -0.1) is 0 Å². The van der Waals surface area contributed by atoms with Gasteiger partial charge in [0.1, 0.15) is 0 Å². The van der Waals surface area contributed by atoms with Crippen LogP contribution in [0.3, 0.4) is 0 Å². The number of carbonyl (C=O) groups is 2. The molecule has 0 spiro atoms. The average Bonchev–Trinajstić information content (AvgIpc) is 2.99. The fourth-order valence-corrected chi connectivity index (χ4v) is 1.30. The van der Waals surface area contributed by atoms with Crippen molar-refractivity contribution in [2.45, 2.75) is 6.92 Å². The molecule has 0 bridgehead atoms. The second-order valence-electron chi connectivity index (χ2n) is 3.32. The van der Waals surface area contributed by atoms with Crippen molar-refractivity contribution in [3.63, 3.8) is 0 Å². The minimum absolute atomic E-state index is 0.0339. The molecule has 2 rings (SSSR count). The van der Waals surface area contributed by atoms with Crippen LogP contribution >= 0.6 is 0 Å². The van der Waals surface area contributed by atoms with E-state index in [0.29, 0.717) is 0 Å². The summed E-state index contributed by atoms with van der Waals surface area (Å²) in [5.41, 5.74) is 0. The van der Waals surface area contributed by atoms with Crippen LogP contribution in [-0.2, 0) is 4.74 Å². The summed E-state index contributed by atoms with van der Waals surface area (Å²) in [6.45, 7) is 1.95. The van der Waals surface area contributed by atoms with E-state index in [0.717, 1.165) is 0 Å². The molecule has 1 amide bonds. The molecule has 0 unspecified atom stereocenters. The topological polar surface area (TPSA) is 81.7 Å². The smallest absolute Gasteiger partial charge is 0.374 e. The first-order chi connectivity index (χ1) is 8.70. The van der Waals surface area contributed by atoms with Gasteiger partial charge in [0.15, 0.2) is 5.76 Å². The summed E-state index contributed by atoms with van der Waals surface area (Å²) in [4.78, 5) is 22.9. The predicted molar refractivity (Wildman–Crippen MR) is 61.3 cm³/mol. The monoisotopic (exact) mass is 249 g/mol. The van der Waals surface area contributed by atoms with Crippen molar-refractivity contribution in [3.05, 3.63) is 42.0 Å². The van der Waals surface area contributed by atoms with E-state index < -0.39 is 11.9 Å². The molecule has 0 saturated carbocycles. The molecule has 18 heavy (non-hydrogen) atoms. The van der Waals surface area contributed by atoms with Crippen LogP contribution in [0, 0.1) is 0 Å². The highest BCUT2D eigenvalue weighted by atomic mass is 16.5. The molecule has 0 fully saturated rings. The number of rotatable bonds is 4. The molecule has 2 heterocycles. The van der Waals surface area contributed by atoms with Crippen LogP contribution < -0.4 is 5.32 Å². The second kappa shape index (κ2) is 5.22. The Morgan fingerprint density at radius 3 is 2.78 bits per heavy atom. The number of nitrogens with one attached hydrogen (secondary N) is 1. The van der Waals surface area contributed by atoms with E-state index in [2.05, 4.69) is 5.32 Å². The summed E-state index contributed by atoms with van der Waals surface area (Å²) < 4.78 is 14.8. The quantitative estimate of drug-likeness (QED) is 0.841. The molecule has 2 aromatic rings. The number of hydrogen-bond acceptors (Lipinski definition) is 5. The largest absolute Gasteiger partial charge is 0.460 e. The number of ether oxygens (including phenoxy) is 1. The van der Waals surface area contributed by atoms with E-state index in [4.69, 9.17) is 13.6 Å². The summed E-state index contributed by atoms with van der Waals surface area (Å²) in [5.74, 6) is -0.684. The van der Waals surface area contributed by atoms with Crippen molar-refractivity contribution in [1.82, 2.24) is 0 Å². The van der Waals surface area contributed by atoms with Crippen LogP contribution in [0.5, 0.6) is 0 Å². The Bertz CT molecular complexity index is 541. The Morgan fingerprint density at radius 2 is 2.11 bits per heavy atom. The molecule has 0 aliphatic carbocycles. The van der Waals surface area contributed by atoms with Crippen molar-refractivity contribution in [3.8, 4) is 0 Å². The zero-order chi connectivity index (χ0) is 13.0. The summed E-state index contributed by atoms with van der Waals surface area (Å²) in [6.07, 6.45) is 1.39. The number of furan rings is 2. The van der Waals surface area contributed by atoms with Crippen molar-refractivity contribution in [2.75, 3.05) is 11.9 Å². The number of esters is 1. The first-order valence-electron chi connectivity index (χ1n) is 5.32. The minimum Gasteiger partial charge on any atom is -0.460 e. The van der Waals surface area contributed by atoms with Gasteiger partial charge in [0.25, 0.3) is 5.91 Å². The Hall–Kier alpha value is -2.50. The van der Waals surface area contributed by atoms with Crippen molar-refractivity contribution < 1.29 is 23.2 Å². The van der Waals surface area contributed by atoms with E-state index in [1.54, 1.807) is 13.0 Å². The highest BCUT2D eigenvalue weighted by Crippen LogP contribution is 2.15. The molecule has 0 aromatic carbocycles. The fourth-order valence-electron chi connectivity index (χ4n) is 1.30. The molecule has 0 saturated heterocycles. The Morgan fingerprint density at radius 1 is 1.28 bits per heavy atom. The zero-order valence-corrected chi connectivity index (χ0v) is 9.64. The number of anilines is 1. The molecule has 1 N–H and O–H groups in total. The fraction of sp³-hybridized carbons (Fsp3) is 0.167. The summed E-state index contributed by atoms with van der Waals surface area (Å²) >= 11 is 0. The number of carbonyl (C=O) groups excluding carboxylic acids is 2. The lowest BCUT2D eigenvalue weighted by Crippen LogP contribution is -2.10. The van der Waals surface area contributed by atoms with Gasteiger partial charge in [-0.05, 0) is 25.1 Å².